The maximum atomic E-state index is 9.69. The van der Waals surface area contributed by atoms with E-state index in [1.54, 1.807) is 0 Å². The molecular weight excluding hydrogens is 236 g/mol. The number of hydrogen-bond donors (Lipinski definition) is 1. The molecule has 1 aliphatic rings. The summed E-state index contributed by atoms with van der Waals surface area (Å²) in [5.41, 5.74) is 1.15. The quantitative estimate of drug-likeness (QED) is 0.856. The van der Waals surface area contributed by atoms with E-state index in [1.165, 1.54) is 32.1 Å². The molecule has 3 nitrogen and oxygen atoms in total. The van der Waals surface area contributed by atoms with Crippen molar-refractivity contribution in [3.63, 3.8) is 0 Å². The fraction of sp³-hybridized carbons (Fsp3) is 0.688. The van der Waals surface area contributed by atoms with E-state index < -0.39 is 0 Å². The van der Waals surface area contributed by atoms with E-state index in [0.29, 0.717) is 6.04 Å². The van der Waals surface area contributed by atoms with Crippen LogP contribution in [0.25, 0.3) is 0 Å². The molecule has 1 saturated carbocycles. The predicted molar refractivity (Wildman–Crippen MR) is 78.1 cm³/mol. The van der Waals surface area contributed by atoms with Crippen LogP contribution in [-0.4, -0.2) is 40.2 Å². The van der Waals surface area contributed by atoms with Gasteiger partial charge in [-0.3, -0.25) is 9.88 Å². The fourth-order valence-corrected chi connectivity index (χ4v) is 3.01. The number of aliphatic hydroxyl groups is 1. The van der Waals surface area contributed by atoms with Crippen LogP contribution < -0.4 is 0 Å². The Hall–Kier alpha value is -0.930. The van der Waals surface area contributed by atoms with Gasteiger partial charge >= 0.3 is 0 Å². The third-order valence-electron chi connectivity index (χ3n) is 3.97. The average molecular weight is 262 g/mol. The number of aromatic nitrogens is 1. The van der Waals surface area contributed by atoms with Crippen LogP contribution in [-0.2, 0) is 6.42 Å². The van der Waals surface area contributed by atoms with E-state index in [4.69, 9.17) is 0 Å². The summed E-state index contributed by atoms with van der Waals surface area (Å²) in [5, 5.41) is 9.69. The highest BCUT2D eigenvalue weighted by molar-refractivity contribution is 5.03. The first-order chi connectivity index (χ1) is 9.25. The molecule has 0 spiro atoms. The Kier molecular flexibility index (Phi) is 5.80. The lowest BCUT2D eigenvalue weighted by molar-refractivity contribution is 0.0831. The summed E-state index contributed by atoms with van der Waals surface area (Å²) in [6.45, 7) is 3.68. The molecule has 0 aliphatic heterocycles. The summed E-state index contributed by atoms with van der Waals surface area (Å²) in [6.07, 6.45) is 9.21. The Morgan fingerprint density at radius 1 is 1.32 bits per heavy atom. The fourth-order valence-electron chi connectivity index (χ4n) is 3.01. The van der Waals surface area contributed by atoms with Crippen molar-refractivity contribution in [1.82, 2.24) is 9.88 Å². The van der Waals surface area contributed by atoms with E-state index in [0.717, 1.165) is 25.2 Å². The second-order valence-electron chi connectivity index (χ2n) is 5.71. The molecule has 0 aromatic carbocycles. The summed E-state index contributed by atoms with van der Waals surface area (Å²) in [7, 11) is 0. The predicted octanol–water partition coefficient (Wildman–Crippen LogP) is 2.64. The van der Waals surface area contributed by atoms with Gasteiger partial charge < -0.3 is 5.11 Å². The molecule has 106 valence electrons. The molecule has 1 aliphatic carbocycles. The highest BCUT2D eigenvalue weighted by Gasteiger charge is 2.21. The zero-order valence-electron chi connectivity index (χ0n) is 12.0. The minimum Gasteiger partial charge on any atom is -0.392 e. The Bertz CT molecular complexity index is 347. The second kappa shape index (κ2) is 7.61. The van der Waals surface area contributed by atoms with Crippen molar-refractivity contribution in [1.29, 1.82) is 0 Å². The van der Waals surface area contributed by atoms with Crippen molar-refractivity contribution in [2.75, 3.05) is 13.1 Å². The van der Waals surface area contributed by atoms with Gasteiger partial charge in [-0.2, -0.15) is 0 Å². The van der Waals surface area contributed by atoms with Crippen molar-refractivity contribution in [2.24, 2.45) is 0 Å². The van der Waals surface area contributed by atoms with Crippen molar-refractivity contribution in [2.45, 2.75) is 57.6 Å². The largest absolute Gasteiger partial charge is 0.392 e. The molecule has 2 rings (SSSR count). The van der Waals surface area contributed by atoms with Crippen LogP contribution in [0.4, 0.5) is 0 Å². The molecule has 3 heteroatoms. The van der Waals surface area contributed by atoms with Gasteiger partial charge in [0.15, 0.2) is 0 Å². The topological polar surface area (TPSA) is 36.4 Å². The molecule has 1 atom stereocenters. The van der Waals surface area contributed by atoms with Gasteiger partial charge in [0.1, 0.15) is 0 Å². The normalized spacial score (nSPS) is 18.7. The van der Waals surface area contributed by atoms with Gasteiger partial charge in [0, 0.05) is 37.4 Å². The van der Waals surface area contributed by atoms with Gasteiger partial charge in [-0.15, -0.1) is 0 Å². The van der Waals surface area contributed by atoms with Gasteiger partial charge in [0.25, 0.3) is 0 Å². The summed E-state index contributed by atoms with van der Waals surface area (Å²) in [6, 6.07) is 6.74. The zero-order chi connectivity index (χ0) is 13.5. The molecule has 0 saturated heterocycles. The Morgan fingerprint density at radius 2 is 2.11 bits per heavy atom. The van der Waals surface area contributed by atoms with Crippen LogP contribution in [0.15, 0.2) is 24.4 Å². The molecule has 1 heterocycles. The minimum absolute atomic E-state index is 0.245. The molecular formula is C16H26N2O. The molecule has 1 fully saturated rings. The van der Waals surface area contributed by atoms with E-state index >= 15 is 0 Å². The maximum absolute atomic E-state index is 9.69. The lowest BCUT2D eigenvalue weighted by Gasteiger charge is -2.35. The summed E-state index contributed by atoms with van der Waals surface area (Å²) in [5.74, 6) is 0. The van der Waals surface area contributed by atoms with Crippen LogP contribution in [0.5, 0.6) is 0 Å². The van der Waals surface area contributed by atoms with Gasteiger partial charge in [0.2, 0.25) is 0 Å². The average Bonchev–Trinajstić information content (AvgIpc) is 2.45. The third kappa shape index (κ3) is 4.92. The number of nitrogens with zero attached hydrogens (tertiary/aromatic N) is 2. The first-order valence-electron chi connectivity index (χ1n) is 7.57. The van der Waals surface area contributed by atoms with Crippen LogP contribution in [0.1, 0.15) is 44.7 Å². The lowest BCUT2D eigenvalue weighted by atomic mass is 9.93. The van der Waals surface area contributed by atoms with Gasteiger partial charge in [-0.25, -0.2) is 0 Å². The van der Waals surface area contributed by atoms with E-state index in [-0.39, 0.29) is 6.10 Å². The van der Waals surface area contributed by atoms with Crippen molar-refractivity contribution >= 4 is 0 Å². The van der Waals surface area contributed by atoms with Crippen LogP contribution in [0.3, 0.4) is 0 Å². The molecule has 0 radical (unpaired) electrons. The molecule has 0 amide bonds. The van der Waals surface area contributed by atoms with Crippen LogP contribution >= 0.6 is 0 Å². The summed E-state index contributed by atoms with van der Waals surface area (Å²) in [4.78, 5) is 6.86. The molecule has 1 aromatic rings. The highest BCUT2D eigenvalue weighted by atomic mass is 16.3. The summed E-state index contributed by atoms with van der Waals surface area (Å²) >= 11 is 0. The van der Waals surface area contributed by atoms with E-state index in [2.05, 4.69) is 16.0 Å². The molecule has 19 heavy (non-hydrogen) atoms. The van der Waals surface area contributed by atoms with Gasteiger partial charge in [-0.1, -0.05) is 25.3 Å². The first kappa shape index (κ1) is 14.5. The van der Waals surface area contributed by atoms with Gasteiger partial charge in [-0.05, 0) is 31.9 Å². The van der Waals surface area contributed by atoms with Gasteiger partial charge in [0.05, 0.1) is 6.10 Å². The minimum atomic E-state index is -0.245. The number of rotatable bonds is 6. The third-order valence-corrected chi connectivity index (χ3v) is 3.97. The zero-order valence-corrected chi connectivity index (χ0v) is 12.0. The van der Waals surface area contributed by atoms with Crippen LogP contribution in [0, 0.1) is 0 Å². The number of aliphatic hydroxyl groups excluding tert-OH is 1. The number of hydrogen-bond acceptors (Lipinski definition) is 3. The van der Waals surface area contributed by atoms with Crippen molar-refractivity contribution in [3.8, 4) is 0 Å². The molecule has 0 bridgehead atoms. The smallest absolute Gasteiger partial charge is 0.0639 e. The Morgan fingerprint density at radius 3 is 2.74 bits per heavy atom. The maximum Gasteiger partial charge on any atom is 0.0639 e. The van der Waals surface area contributed by atoms with Crippen molar-refractivity contribution < 1.29 is 5.11 Å². The molecule has 1 unspecified atom stereocenters. The molecule has 1 aromatic heterocycles. The standard InChI is InChI=1S/C16H26N2O/c1-14(19)13-18(16-8-3-2-4-9-16)12-10-15-7-5-6-11-17-15/h5-7,11,14,16,19H,2-4,8-10,12-13H2,1H3. The van der Waals surface area contributed by atoms with Crippen molar-refractivity contribution in [3.05, 3.63) is 30.1 Å². The first-order valence-corrected chi connectivity index (χ1v) is 7.57. The SMILES string of the molecule is CC(O)CN(CCc1ccccn1)C1CCCCC1. The van der Waals surface area contributed by atoms with E-state index in [1.807, 2.05) is 25.3 Å². The highest BCUT2D eigenvalue weighted by Crippen LogP contribution is 2.23. The Balaban J connectivity index is 1.89. The summed E-state index contributed by atoms with van der Waals surface area (Å²) < 4.78 is 0. The Labute approximate surface area is 116 Å². The monoisotopic (exact) mass is 262 g/mol. The van der Waals surface area contributed by atoms with Crippen LogP contribution in [0.2, 0.25) is 0 Å². The lowest BCUT2D eigenvalue weighted by Crippen LogP contribution is -2.42. The molecule has 1 N–H and O–H groups in total. The van der Waals surface area contributed by atoms with E-state index in [9.17, 15) is 5.11 Å². The second-order valence-corrected chi connectivity index (χ2v) is 5.71. The number of pyridine rings is 1.